The van der Waals surface area contributed by atoms with Crippen molar-refractivity contribution in [3.63, 3.8) is 0 Å². The molecule has 0 radical (unpaired) electrons. The summed E-state index contributed by atoms with van der Waals surface area (Å²) in [5, 5.41) is 3.32. The highest BCUT2D eigenvalue weighted by Crippen LogP contribution is 2.40. The van der Waals surface area contributed by atoms with Gasteiger partial charge in [0, 0.05) is 6.42 Å². The van der Waals surface area contributed by atoms with Gasteiger partial charge < -0.3 is 0 Å². The zero-order valence-electron chi connectivity index (χ0n) is 7.48. The lowest BCUT2D eigenvalue weighted by Crippen LogP contribution is -2.16. The monoisotopic (exact) mass is 366 g/mol. The summed E-state index contributed by atoms with van der Waals surface area (Å²) >= 11 is 1.83. The number of rotatable bonds is 1. The van der Waals surface area contributed by atoms with Crippen LogP contribution in [0.2, 0.25) is 0 Å². The molecule has 1 aromatic heterocycles. The molecule has 0 amide bonds. The third-order valence-electron chi connectivity index (χ3n) is 2.23. The quantitative estimate of drug-likeness (QED) is 0.435. The first-order valence-electron chi connectivity index (χ1n) is 4.10. The van der Waals surface area contributed by atoms with Gasteiger partial charge >= 0.3 is 6.18 Å². The van der Waals surface area contributed by atoms with Crippen LogP contribution in [0.15, 0.2) is 0 Å². The van der Waals surface area contributed by atoms with Gasteiger partial charge in [-0.3, -0.25) is 4.79 Å². The second kappa shape index (κ2) is 3.90. The number of halogens is 5. The Hall–Kier alpha value is -0.240. The average Bonchev–Trinajstić information content (AvgIpc) is 2.66. The molecule has 0 bridgehead atoms. The fourth-order valence-electron chi connectivity index (χ4n) is 1.59. The molecule has 1 aromatic rings. The molecule has 0 N–H and O–H groups in total. The molecule has 2 atom stereocenters. The van der Waals surface area contributed by atoms with Crippen molar-refractivity contribution < 1.29 is 22.4 Å². The van der Waals surface area contributed by atoms with E-state index in [1.54, 1.807) is 0 Å². The number of carbonyl (C=O) groups excluding carboxylic acids is 1. The Balaban J connectivity index is 2.63. The maximum Gasteiger partial charge on any atom is 0.435 e. The smallest absolute Gasteiger partial charge is 0.291 e. The van der Waals surface area contributed by atoms with E-state index in [0.29, 0.717) is 0 Å². The number of hydrogen-bond acceptors (Lipinski definition) is 2. The number of aromatic nitrogens is 2. The topological polar surface area (TPSA) is 34.9 Å². The average molecular weight is 366 g/mol. The Labute approximate surface area is 102 Å². The zero-order valence-corrected chi connectivity index (χ0v) is 10.6. The summed E-state index contributed by atoms with van der Waals surface area (Å²) in [6, 6.07) is 0. The lowest BCUT2D eigenvalue weighted by molar-refractivity contribution is -0.141. The first kappa shape index (κ1) is 12.2. The van der Waals surface area contributed by atoms with Crippen LogP contribution >= 0.6 is 28.4 Å². The molecule has 16 heavy (non-hydrogen) atoms. The number of nitrogens with zero attached hydrogens (tertiary/aromatic N) is 2. The number of fused-ring (bicyclic) bond motifs is 1. The highest BCUT2D eigenvalue weighted by molar-refractivity contribution is 14.2. The second-order valence-corrected chi connectivity index (χ2v) is 5.24. The second-order valence-electron chi connectivity index (χ2n) is 3.20. The van der Waals surface area contributed by atoms with Crippen molar-refractivity contribution in [2.45, 2.75) is 18.8 Å². The van der Waals surface area contributed by atoms with Gasteiger partial charge in [0.05, 0.1) is 17.6 Å². The van der Waals surface area contributed by atoms with Crippen molar-refractivity contribution in [3.05, 3.63) is 17.0 Å². The summed E-state index contributed by atoms with van der Waals surface area (Å²) in [4.78, 5) is 11.3. The molecule has 88 valence electrons. The highest BCUT2D eigenvalue weighted by atomic mass is 127. The molecule has 2 unspecified atom stereocenters. The lowest BCUT2D eigenvalue weighted by Gasteiger charge is -2.04. The number of ketones is 1. The minimum atomic E-state index is -4.72. The molecule has 1 aliphatic carbocycles. The van der Waals surface area contributed by atoms with Gasteiger partial charge in [0.1, 0.15) is 0 Å². The summed E-state index contributed by atoms with van der Waals surface area (Å²) in [5.74, 6) is -1.11. The molecule has 9 heteroatoms. The van der Waals surface area contributed by atoms with Crippen LogP contribution in [0, 0.1) is 0 Å². The van der Waals surface area contributed by atoms with Crippen molar-refractivity contribution in [2.24, 2.45) is 0 Å². The van der Waals surface area contributed by atoms with Crippen LogP contribution in [0.1, 0.15) is 21.7 Å². The molecule has 0 fully saturated rings. The van der Waals surface area contributed by atoms with Gasteiger partial charge in [-0.2, -0.15) is 18.3 Å². The fraction of sp³-hybridized carbons (Fsp3) is 0.429. The standard InChI is InChI=1S/C7H4F4IN2OP/c8-2-1-3-4(5(2)15)6(7(9,10)11)13-14(3)16-12/h2,16H,1H2. The number of carbonyl (C=O) groups is 1. The minimum absolute atomic E-state index is 0.0533. The van der Waals surface area contributed by atoms with E-state index in [1.807, 2.05) is 22.0 Å². The summed E-state index contributed by atoms with van der Waals surface area (Å²) < 4.78 is 51.8. The Morgan fingerprint density at radius 1 is 1.50 bits per heavy atom. The first-order chi connectivity index (χ1) is 7.36. The van der Waals surface area contributed by atoms with Crippen molar-refractivity contribution >= 4 is 34.2 Å². The van der Waals surface area contributed by atoms with Crippen LogP contribution in [0.4, 0.5) is 17.6 Å². The van der Waals surface area contributed by atoms with E-state index in [0.717, 1.165) is 4.45 Å². The maximum atomic E-state index is 13.1. The van der Waals surface area contributed by atoms with Crippen LogP contribution in [0.5, 0.6) is 0 Å². The minimum Gasteiger partial charge on any atom is -0.291 e. The fourth-order valence-corrected chi connectivity index (χ4v) is 3.23. The van der Waals surface area contributed by atoms with E-state index >= 15 is 0 Å². The van der Waals surface area contributed by atoms with Crippen molar-refractivity contribution in [2.75, 3.05) is 0 Å². The number of alkyl halides is 4. The van der Waals surface area contributed by atoms with Gasteiger partial charge in [0.25, 0.3) is 0 Å². The van der Waals surface area contributed by atoms with Crippen LogP contribution in [0.3, 0.4) is 0 Å². The van der Waals surface area contributed by atoms with Crippen LogP contribution in [0.25, 0.3) is 0 Å². The SMILES string of the molecule is O=C1c2c(C(F)(F)F)nn(PI)c2CC1F. The van der Waals surface area contributed by atoms with Crippen molar-refractivity contribution in [1.82, 2.24) is 9.55 Å². The van der Waals surface area contributed by atoms with Crippen LogP contribution in [-0.4, -0.2) is 21.5 Å². The van der Waals surface area contributed by atoms with E-state index in [1.165, 1.54) is 0 Å². The lowest BCUT2D eigenvalue weighted by atomic mass is 10.2. The molecule has 3 nitrogen and oxygen atoms in total. The van der Waals surface area contributed by atoms with Gasteiger partial charge in [0.15, 0.2) is 11.9 Å². The van der Waals surface area contributed by atoms with E-state index in [9.17, 15) is 22.4 Å². The van der Waals surface area contributed by atoms with E-state index in [2.05, 4.69) is 5.10 Å². The number of hydrogen-bond donors (Lipinski definition) is 0. The summed E-state index contributed by atoms with van der Waals surface area (Å²) in [5.41, 5.74) is -1.81. The van der Waals surface area contributed by atoms with E-state index < -0.39 is 29.4 Å². The molecule has 0 saturated carbocycles. The molecule has 1 heterocycles. The summed E-state index contributed by atoms with van der Waals surface area (Å²) in [7, 11) is 0. The largest absolute Gasteiger partial charge is 0.435 e. The molecule has 0 aromatic carbocycles. The van der Waals surface area contributed by atoms with Gasteiger partial charge in [-0.25, -0.2) is 8.84 Å². The van der Waals surface area contributed by atoms with Crippen molar-refractivity contribution in [1.29, 1.82) is 0 Å². The Morgan fingerprint density at radius 2 is 2.12 bits per heavy atom. The third-order valence-corrected chi connectivity index (χ3v) is 4.13. The highest BCUT2D eigenvalue weighted by Gasteiger charge is 2.46. The zero-order chi connectivity index (χ0) is 12.1. The Bertz CT molecular complexity index is 458. The molecule has 0 saturated heterocycles. The molecule has 2 rings (SSSR count). The Kier molecular flexibility index (Phi) is 2.98. The van der Waals surface area contributed by atoms with Crippen molar-refractivity contribution in [3.8, 4) is 0 Å². The van der Waals surface area contributed by atoms with Crippen LogP contribution < -0.4 is 0 Å². The van der Waals surface area contributed by atoms with Gasteiger partial charge in [-0.1, -0.05) is 0 Å². The maximum absolute atomic E-state index is 13.1. The summed E-state index contributed by atoms with van der Waals surface area (Å²) in [6.07, 6.45) is -6.99. The predicted molar refractivity (Wildman–Crippen MR) is 57.9 cm³/mol. The third kappa shape index (κ3) is 1.75. The van der Waals surface area contributed by atoms with E-state index in [4.69, 9.17) is 0 Å². The van der Waals surface area contributed by atoms with Crippen LogP contribution in [-0.2, 0) is 12.6 Å². The molecule has 1 aliphatic rings. The van der Waals surface area contributed by atoms with Gasteiger partial charge in [-0.05, 0) is 22.0 Å². The predicted octanol–water partition coefficient (Wildman–Crippen LogP) is 2.77. The summed E-state index contributed by atoms with van der Waals surface area (Å²) in [6.45, 7) is 0. The van der Waals surface area contributed by atoms with E-state index in [-0.39, 0.29) is 18.5 Å². The van der Waals surface area contributed by atoms with Gasteiger partial charge in [-0.15, -0.1) is 0 Å². The molecule has 0 aliphatic heterocycles. The van der Waals surface area contributed by atoms with Gasteiger partial charge in [0.2, 0.25) is 5.78 Å². The normalized spacial score (nSPS) is 21.1. The first-order valence-corrected chi connectivity index (χ1v) is 8.16. The Morgan fingerprint density at radius 3 is 2.62 bits per heavy atom. The number of Topliss-reactive ketones (excluding diaryl/α,β-unsaturated/α-hetero) is 1. The molecular weight excluding hydrogens is 362 g/mol. The molecule has 0 spiro atoms. The molecular formula is C7H4F4IN2OP.